The van der Waals surface area contributed by atoms with Crippen LogP contribution in [-0.4, -0.2) is 28.6 Å². The van der Waals surface area contributed by atoms with Crippen LogP contribution in [0.3, 0.4) is 0 Å². The number of benzene rings is 1. The highest BCUT2D eigenvalue weighted by molar-refractivity contribution is 5.94. The lowest BCUT2D eigenvalue weighted by Crippen LogP contribution is -2.52. The number of nitrogens with one attached hydrogen (secondary N) is 2. The van der Waals surface area contributed by atoms with E-state index >= 15 is 0 Å². The van der Waals surface area contributed by atoms with Crippen LogP contribution >= 0.6 is 0 Å². The van der Waals surface area contributed by atoms with Gasteiger partial charge in [0.1, 0.15) is 5.76 Å². The maximum absolute atomic E-state index is 13.1. The molecule has 33 heavy (non-hydrogen) atoms. The molecule has 0 bridgehead atoms. The minimum atomic E-state index is -0.717. The number of fused-ring (bicyclic) bond motifs is 1. The Labute approximate surface area is 196 Å². The highest BCUT2D eigenvalue weighted by Crippen LogP contribution is 2.63. The minimum absolute atomic E-state index is 0.0188. The highest BCUT2D eigenvalue weighted by Gasteiger charge is 2.61. The summed E-state index contributed by atoms with van der Waals surface area (Å²) in [6.45, 7) is 6.76. The van der Waals surface area contributed by atoms with Crippen LogP contribution in [0.2, 0.25) is 0 Å². The summed E-state index contributed by atoms with van der Waals surface area (Å²) < 4.78 is 5.31. The zero-order chi connectivity index (χ0) is 23.7. The summed E-state index contributed by atoms with van der Waals surface area (Å²) in [5.41, 5.74) is -0.347. The SMILES string of the molecule is CC1(O)CCC2(CCC(=O)NCc3ccco3)C(NC(=O)c3ccccc3)CC(C)(C)C2C1. The van der Waals surface area contributed by atoms with Crippen molar-refractivity contribution in [3.05, 3.63) is 60.1 Å². The number of hydrogen-bond acceptors (Lipinski definition) is 4. The predicted molar refractivity (Wildman–Crippen MR) is 126 cm³/mol. The second-order valence-electron chi connectivity index (χ2n) is 10.9. The Morgan fingerprint density at radius 1 is 1.06 bits per heavy atom. The van der Waals surface area contributed by atoms with Crippen LogP contribution in [0, 0.1) is 16.7 Å². The van der Waals surface area contributed by atoms with Crippen molar-refractivity contribution < 1.29 is 19.1 Å². The fraction of sp³-hybridized carbons (Fsp3) is 0.556. The Hall–Kier alpha value is -2.60. The Morgan fingerprint density at radius 3 is 2.52 bits per heavy atom. The van der Waals surface area contributed by atoms with E-state index in [1.165, 1.54) is 0 Å². The van der Waals surface area contributed by atoms with E-state index in [4.69, 9.17) is 4.42 Å². The van der Waals surface area contributed by atoms with Crippen molar-refractivity contribution >= 4 is 11.8 Å². The molecular weight excluding hydrogens is 416 g/mol. The molecule has 6 heteroatoms. The van der Waals surface area contributed by atoms with Gasteiger partial charge in [0.25, 0.3) is 5.91 Å². The van der Waals surface area contributed by atoms with Gasteiger partial charge in [0, 0.05) is 18.0 Å². The van der Waals surface area contributed by atoms with Crippen LogP contribution in [0.5, 0.6) is 0 Å². The first kappa shape index (κ1) is 23.6. The van der Waals surface area contributed by atoms with E-state index in [2.05, 4.69) is 24.5 Å². The summed E-state index contributed by atoms with van der Waals surface area (Å²) in [6, 6.07) is 12.9. The third-order valence-electron chi connectivity index (χ3n) is 8.03. The molecule has 2 amide bonds. The molecule has 4 rings (SSSR count). The normalized spacial score (nSPS) is 30.4. The number of furan rings is 1. The Bertz CT molecular complexity index is 967. The number of aliphatic hydroxyl groups is 1. The summed E-state index contributed by atoms with van der Waals surface area (Å²) in [5, 5.41) is 17.2. The summed E-state index contributed by atoms with van der Waals surface area (Å²) in [5.74, 6) is 0.849. The van der Waals surface area contributed by atoms with Gasteiger partial charge in [-0.05, 0) is 80.0 Å². The molecule has 2 fully saturated rings. The van der Waals surface area contributed by atoms with Crippen molar-refractivity contribution in [2.24, 2.45) is 16.7 Å². The van der Waals surface area contributed by atoms with E-state index in [1.54, 1.807) is 12.3 Å². The van der Waals surface area contributed by atoms with Crippen molar-refractivity contribution in [1.82, 2.24) is 10.6 Å². The summed E-state index contributed by atoms with van der Waals surface area (Å²) in [6.07, 6.45) is 5.64. The average Bonchev–Trinajstić information content (AvgIpc) is 3.36. The van der Waals surface area contributed by atoms with Gasteiger partial charge in [-0.15, -0.1) is 0 Å². The van der Waals surface area contributed by atoms with E-state index in [9.17, 15) is 14.7 Å². The number of amides is 2. The third kappa shape index (κ3) is 5.01. The summed E-state index contributed by atoms with van der Waals surface area (Å²) in [4.78, 5) is 25.8. The van der Waals surface area contributed by atoms with Gasteiger partial charge >= 0.3 is 0 Å². The van der Waals surface area contributed by atoms with Gasteiger partial charge in [-0.2, -0.15) is 0 Å². The predicted octanol–water partition coefficient (Wildman–Crippen LogP) is 4.44. The molecule has 6 nitrogen and oxygen atoms in total. The van der Waals surface area contributed by atoms with Gasteiger partial charge in [-0.3, -0.25) is 9.59 Å². The van der Waals surface area contributed by atoms with E-state index in [0.717, 1.165) is 18.6 Å². The topological polar surface area (TPSA) is 91.6 Å². The molecule has 3 N–H and O–H groups in total. The number of carbonyl (C=O) groups excluding carboxylic acids is 2. The molecule has 1 heterocycles. The Kier molecular flexibility index (Phi) is 6.41. The zero-order valence-electron chi connectivity index (χ0n) is 19.9. The minimum Gasteiger partial charge on any atom is -0.467 e. The van der Waals surface area contributed by atoms with Crippen LogP contribution in [0.25, 0.3) is 0 Å². The van der Waals surface area contributed by atoms with Crippen LogP contribution < -0.4 is 10.6 Å². The largest absolute Gasteiger partial charge is 0.467 e. The first-order valence-corrected chi connectivity index (χ1v) is 12.0. The van der Waals surface area contributed by atoms with Gasteiger partial charge in [0.2, 0.25) is 5.91 Å². The second-order valence-corrected chi connectivity index (χ2v) is 10.9. The number of rotatable bonds is 7. The van der Waals surface area contributed by atoms with Crippen LogP contribution in [0.15, 0.2) is 53.1 Å². The molecule has 4 unspecified atom stereocenters. The van der Waals surface area contributed by atoms with Crippen LogP contribution in [0.4, 0.5) is 0 Å². The monoisotopic (exact) mass is 452 g/mol. The quantitative estimate of drug-likeness (QED) is 0.579. The highest BCUT2D eigenvalue weighted by atomic mass is 16.3. The molecule has 178 valence electrons. The molecule has 2 aliphatic rings. The van der Waals surface area contributed by atoms with Crippen molar-refractivity contribution in [2.45, 2.75) is 77.5 Å². The van der Waals surface area contributed by atoms with Crippen LogP contribution in [-0.2, 0) is 11.3 Å². The molecule has 2 aliphatic carbocycles. The fourth-order valence-electron chi connectivity index (χ4n) is 6.30. The van der Waals surface area contributed by atoms with Gasteiger partial charge in [-0.1, -0.05) is 32.0 Å². The van der Waals surface area contributed by atoms with Crippen molar-refractivity contribution in [1.29, 1.82) is 0 Å². The summed E-state index contributed by atoms with van der Waals surface area (Å²) in [7, 11) is 0. The van der Waals surface area contributed by atoms with Crippen molar-refractivity contribution in [3.8, 4) is 0 Å². The Morgan fingerprint density at radius 2 is 1.82 bits per heavy atom. The molecule has 1 aromatic heterocycles. The van der Waals surface area contributed by atoms with E-state index in [-0.39, 0.29) is 34.6 Å². The molecule has 1 aromatic carbocycles. The third-order valence-corrected chi connectivity index (χ3v) is 8.03. The number of carbonyl (C=O) groups is 2. The van der Waals surface area contributed by atoms with E-state index in [1.807, 2.05) is 43.3 Å². The molecule has 0 radical (unpaired) electrons. The van der Waals surface area contributed by atoms with Crippen molar-refractivity contribution in [2.75, 3.05) is 0 Å². The lowest BCUT2D eigenvalue weighted by molar-refractivity contribution is -0.123. The molecule has 2 saturated carbocycles. The Balaban J connectivity index is 1.53. The molecule has 2 aromatic rings. The maximum atomic E-state index is 13.1. The second kappa shape index (κ2) is 8.98. The molecule has 0 aliphatic heterocycles. The van der Waals surface area contributed by atoms with Gasteiger partial charge in [0.05, 0.1) is 18.4 Å². The smallest absolute Gasteiger partial charge is 0.251 e. The van der Waals surface area contributed by atoms with E-state index in [0.29, 0.717) is 37.8 Å². The van der Waals surface area contributed by atoms with Crippen molar-refractivity contribution in [3.63, 3.8) is 0 Å². The summed E-state index contributed by atoms with van der Waals surface area (Å²) >= 11 is 0. The zero-order valence-corrected chi connectivity index (χ0v) is 19.9. The number of hydrogen-bond donors (Lipinski definition) is 3. The lowest BCUT2D eigenvalue weighted by atomic mass is 9.57. The first-order valence-electron chi connectivity index (χ1n) is 12.0. The average molecular weight is 453 g/mol. The first-order chi connectivity index (χ1) is 15.6. The molecule has 0 saturated heterocycles. The van der Waals surface area contributed by atoms with Gasteiger partial charge < -0.3 is 20.2 Å². The van der Waals surface area contributed by atoms with Crippen LogP contribution in [0.1, 0.15) is 75.4 Å². The van der Waals surface area contributed by atoms with E-state index < -0.39 is 5.60 Å². The molecule has 4 atom stereocenters. The standard InChI is InChI=1S/C27H36N2O4/c1-25(2)17-22(29-24(31)19-8-5-4-6-9-19)27(14-13-26(3,32)16-21(25)27)12-11-23(30)28-18-20-10-7-15-33-20/h4-10,15,21-22,32H,11-14,16-18H2,1-3H3,(H,28,30)(H,29,31). The van der Waals surface area contributed by atoms with Gasteiger partial charge in [-0.25, -0.2) is 0 Å². The molecule has 0 spiro atoms. The van der Waals surface area contributed by atoms with Gasteiger partial charge in [0.15, 0.2) is 0 Å². The maximum Gasteiger partial charge on any atom is 0.251 e. The fourth-order valence-corrected chi connectivity index (χ4v) is 6.30. The lowest BCUT2D eigenvalue weighted by Gasteiger charge is -2.50. The molecular formula is C27H36N2O4.